The highest BCUT2D eigenvalue weighted by Gasteiger charge is 2.37. The van der Waals surface area contributed by atoms with Gasteiger partial charge in [-0.15, -0.1) is 0 Å². The smallest absolute Gasteiger partial charge is 0.318 e. The molecule has 0 saturated heterocycles. The van der Waals surface area contributed by atoms with E-state index in [4.69, 9.17) is 0 Å². The summed E-state index contributed by atoms with van der Waals surface area (Å²) >= 11 is 0. The summed E-state index contributed by atoms with van der Waals surface area (Å²) in [6.07, 6.45) is -9.42. The lowest BCUT2D eigenvalue weighted by atomic mass is 10.1. The van der Waals surface area contributed by atoms with Gasteiger partial charge in [0.1, 0.15) is 0 Å². The Morgan fingerprint density at radius 1 is 0.967 bits per heavy atom. The van der Waals surface area contributed by atoms with Gasteiger partial charge in [0.05, 0.1) is 11.1 Å². The number of aryl methyl sites for hydroxylation is 1. The van der Waals surface area contributed by atoms with E-state index in [9.17, 15) is 35.9 Å². The average molecular weight is 436 g/mol. The Morgan fingerprint density at radius 2 is 1.47 bits per heavy atom. The van der Waals surface area contributed by atoms with Gasteiger partial charge in [0.25, 0.3) is 0 Å². The average Bonchev–Trinajstić information content (AvgIpc) is 2.99. The number of nitrogens with one attached hydrogen (secondary N) is 2. The Labute approximate surface area is 167 Å². The number of rotatable bonds is 4. The molecule has 0 aliphatic carbocycles. The number of anilines is 2. The molecule has 0 radical (unpaired) electrons. The van der Waals surface area contributed by atoms with Gasteiger partial charge < -0.3 is 10.6 Å². The summed E-state index contributed by atoms with van der Waals surface area (Å²) in [5.41, 5.74) is -3.36. The van der Waals surface area contributed by atoms with Crippen LogP contribution in [0.15, 0.2) is 24.3 Å². The van der Waals surface area contributed by atoms with Crippen molar-refractivity contribution >= 4 is 23.3 Å². The number of halogens is 6. The zero-order chi connectivity index (χ0) is 22.9. The fourth-order valence-electron chi connectivity index (χ4n) is 2.56. The Bertz CT molecular complexity index is 917. The van der Waals surface area contributed by atoms with E-state index in [1.54, 1.807) is 16.9 Å². The Hall–Kier alpha value is -3.05. The minimum absolute atomic E-state index is 0.00961. The third-order valence-electron chi connectivity index (χ3n) is 4.22. The maximum absolute atomic E-state index is 12.9. The van der Waals surface area contributed by atoms with Crippen LogP contribution in [0.2, 0.25) is 0 Å². The van der Waals surface area contributed by atoms with Crippen LogP contribution >= 0.6 is 0 Å². The monoisotopic (exact) mass is 436 g/mol. The van der Waals surface area contributed by atoms with Gasteiger partial charge in [-0.3, -0.25) is 14.3 Å². The molecule has 1 atom stereocenters. The van der Waals surface area contributed by atoms with E-state index >= 15 is 0 Å². The van der Waals surface area contributed by atoms with Crippen LogP contribution in [0.5, 0.6) is 0 Å². The van der Waals surface area contributed by atoms with Crippen LogP contribution < -0.4 is 10.6 Å². The number of hydrogen-bond donors (Lipinski definition) is 2. The highest BCUT2D eigenvalue weighted by Crippen LogP contribution is 2.37. The molecule has 0 aliphatic rings. The van der Waals surface area contributed by atoms with Crippen molar-refractivity contribution in [1.82, 2.24) is 9.78 Å². The van der Waals surface area contributed by atoms with Gasteiger partial charge in [0, 0.05) is 23.5 Å². The summed E-state index contributed by atoms with van der Waals surface area (Å²) < 4.78 is 78.9. The van der Waals surface area contributed by atoms with Crippen molar-refractivity contribution in [2.45, 2.75) is 45.6 Å². The summed E-state index contributed by atoms with van der Waals surface area (Å²) in [5.74, 6) is -2.72. The van der Waals surface area contributed by atoms with E-state index in [2.05, 4.69) is 10.4 Å². The van der Waals surface area contributed by atoms with Gasteiger partial charge in [-0.25, -0.2) is 0 Å². The number of carbonyl (C=O) groups is 2. The summed E-state index contributed by atoms with van der Waals surface area (Å²) in [5, 5.41) is 8.03. The second-order valence-electron chi connectivity index (χ2n) is 6.58. The maximum atomic E-state index is 12.9. The summed E-state index contributed by atoms with van der Waals surface area (Å²) in [7, 11) is 0. The standard InChI is InChI=1S/C18H18F6N4O2/c1-4-9(2)28-10(3)5-14(27-28)26-16(30)15(29)25-13-7-11(17(19,20)21)6-12(8-13)18(22,23)24/h5-9H,4H2,1-3H3,(H,25,29)(H,26,27,30)/t9-/m0/s1. The molecule has 0 unspecified atom stereocenters. The number of aromatic nitrogens is 2. The molecule has 2 rings (SSSR count). The normalized spacial score (nSPS) is 13.1. The molecule has 0 saturated carbocycles. The lowest BCUT2D eigenvalue weighted by molar-refractivity contribution is -0.143. The summed E-state index contributed by atoms with van der Waals surface area (Å²) in [6, 6.07) is 2.02. The number of hydrogen-bond acceptors (Lipinski definition) is 3. The first-order valence-corrected chi connectivity index (χ1v) is 8.70. The van der Waals surface area contributed by atoms with Crippen molar-refractivity contribution < 1.29 is 35.9 Å². The topological polar surface area (TPSA) is 76.0 Å². The van der Waals surface area contributed by atoms with Crippen LogP contribution in [-0.2, 0) is 21.9 Å². The Morgan fingerprint density at radius 3 is 1.93 bits per heavy atom. The molecular weight excluding hydrogens is 418 g/mol. The quantitative estimate of drug-likeness (QED) is 0.535. The molecule has 2 amide bonds. The lowest BCUT2D eigenvalue weighted by Gasteiger charge is -2.14. The van der Waals surface area contributed by atoms with E-state index in [0.717, 1.165) is 6.42 Å². The van der Waals surface area contributed by atoms with Crippen molar-refractivity contribution in [2.24, 2.45) is 0 Å². The summed E-state index contributed by atoms with van der Waals surface area (Å²) in [6.45, 7) is 5.52. The van der Waals surface area contributed by atoms with Crippen molar-refractivity contribution in [1.29, 1.82) is 0 Å². The molecule has 2 aromatic rings. The zero-order valence-electron chi connectivity index (χ0n) is 16.1. The van der Waals surface area contributed by atoms with Crippen LogP contribution in [0, 0.1) is 6.92 Å². The number of amides is 2. The largest absolute Gasteiger partial charge is 0.416 e. The van der Waals surface area contributed by atoms with E-state index in [1.165, 1.54) is 6.07 Å². The molecule has 1 aromatic heterocycles. The SMILES string of the molecule is CC[C@H](C)n1nc(NC(=O)C(=O)Nc2cc(C(F)(F)F)cc(C(F)(F)F)c2)cc1C. The predicted molar refractivity (Wildman–Crippen MR) is 95.7 cm³/mol. The lowest BCUT2D eigenvalue weighted by Crippen LogP contribution is -2.29. The van der Waals surface area contributed by atoms with Crippen LogP contribution in [0.4, 0.5) is 37.8 Å². The Balaban J connectivity index is 2.22. The zero-order valence-corrected chi connectivity index (χ0v) is 16.1. The third kappa shape index (κ3) is 5.51. The molecule has 0 spiro atoms. The molecule has 0 bridgehead atoms. The van der Waals surface area contributed by atoms with E-state index in [-0.39, 0.29) is 17.9 Å². The first-order chi connectivity index (χ1) is 13.7. The molecule has 1 heterocycles. The van der Waals surface area contributed by atoms with Crippen LogP contribution in [0.3, 0.4) is 0 Å². The van der Waals surface area contributed by atoms with Crippen LogP contribution in [0.25, 0.3) is 0 Å². The van der Waals surface area contributed by atoms with E-state index < -0.39 is 41.0 Å². The van der Waals surface area contributed by atoms with Crippen LogP contribution in [0.1, 0.15) is 43.1 Å². The van der Waals surface area contributed by atoms with Crippen molar-refractivity contribution in [3.8, 4) is 0 Å². The highest BCUT2D eigenvalue weighted by atomic mass is 19.4. The first kappa shape index (κ1) is 23.2. The van der Waals surface area contributed by atoms with Gasteiger partial charge in [-0.05, 0) is 38.5 Å². The summed E-state index contributed by atoms with van der Waals surface area (Å²) in [4.78, 5) is 24.0. The first-order valence-electron chi connectivity index (χ1n) is 8.70. The Kier molecular flexibility index (Phi) is 6.48. The van der Waals surface area contributed by atoms with Gasteiger partial charge >= 0.3 is 24.2 Å². The second kappa shape index (κ2) is 8.36. The second-order valence-corrected chi connectivity index (χ2v) is 6.58. The minimum atomic E-state index is -5.08. The number of nitrogens with zero attached hydrogens (tertiary/aromatic N) is 2. The molecule has 6 nitrogen and oxygen atoms in total. The fourth-order valence-corrected chi connectivity index (χ4v) is 2.56. The van der Waals surface area contributed by atoms with Gasteiger partial charge in [-0.1, -0.05) is 6.92 Å². The van der Waals surface area contributed by atoms with E-state index in [0.29, 0.717) is 17.8 Å². The van der Waals surface area contributed by atoms with Crippen LogP contribution in [-0.4, -0.2) is 21.6 Å². The predicted octanol–water partition coefficient (Wildman–Crippen LogP) is 4.78. The molecule has 1 aromatic carbocycles. The molecular formula is C18H18F6N4O2. The molecule has 164 valence electrons. The third-order valence-corrected chi connectivity index (χ3v) is 4.22. The van der Waals surface area contributed by atoms with Crippen molar-refractivity contribution in [3.63, 3.8) is 0 Å². The van der Waals surface area contributed by atoms with Gasteiger partial charge in [0.15, 0.2) is 5.82 Å². The highest BCUT2D eigenvalue weighted by molar-refractivity contribution is 6.43. The number of benzene rings is 1. The van der Waals surface area contributed by atoms with Gasteiger partial charge in [0.2, 0.25) is 0 Å². The molecule has 2 N–H and O–H groups in total. The molecule has 0 aliphatic heterocycles. The molecule has 30 heavy (non-hydrogen) atoms. The molecule has 12 heteroatoms. The number of carbonyl (C=O) groups excluding carboxylic acids is 2. The fraction of sp³-hybridized carbons (Fsp3) is 0.389. The minimum Gasteiger partial charge on any atom is -0.318 e. The van der Waals surface area contributed by atoms with Gasteiger partial charge in [-0.2, -0.15) is 31.4 Å². The number of alkyl halides is 6. The molecule has 0 fully saturated rings. The van der Waals surface area contributed by atoms with E-state index in [1.807, 2.05) is 13.8 Å². The maximum Gasteiger partial charge on any atom is 0.416 e. The van der Waals surface area contributed by atoms with Crippen molar-refractivity contribution in [2.75, 3.05) is 10.6 Å². The van der Waals surface area contributed by atoms with Crippen molar-refractivity contribution in [3.05, 3.63) is 41.1 Å².